The zero-order valence-electron chi connectivity index (χ0n) is 12.9. The van der Waals surface area contributed by atoms with Gasteiger partial charge in [0, 0.05) is 25.3 Å². The van der Waals surface area contributed by atoms with E-state index in [9.17, 15) is 27.6 Å². The third kappa shape index (κ3) is 2.29. The van der Waals surface area contributed by atoms with Gasteiger partial charge in [0.25, 0.3) is 0 Å². The molecule has 2 amide bonds. The molecular formula is C14H17F3N2O4S. The summed E-state index contributed by atoms with van der Waals surface area (Å²) in [5.41, 5.74) is -2.92. The molecular weight excluding hydrogens is 349 g/mol. The van der Waals surface area contributed by atoms with Crippen LogP contribution in [0.5, 0.6) is 0 Å². The fraction of sp³-hybridized carbons (Fsp3) is 0.786. The molecule has 0 saturated carbocycles. The van der Waals surface area contributed by atoms with Gasteiger partial charge in [-0.3, -0.25) is 14.4 Å². The average molecular weight is 366 g/mol. The highest BCUT2D eigenvalue weighted by molar-refractivity contribution is 8.01. The van der Waals surface area contributed by atoms with Gasteiger partial charge in [0.2, 0.25) is 11.8 Å². The van der Waals surface area contributed by atoms with Gasteiger partial charge in [-0.05, 0) is 19.8 Å². The number of carboxylic acid groups (broad SMARTS) is 1. The molecule has 3 atom stereocenters. The number of carbonyl (C=O) groups excluding carboxylic acids is 2. The molecule has 6 nitrogen and oxygen atoms in total. The molecule has 3 aliphatic heterocycles. The fourth-order valence-corrected chi connectivity index (χ4v) is 5.16. The third-order valence-corrected chi connectivity index (χ3v) is 6.77. The Balaban J connectivity index is 1.80. The molecule has 24 heavy (non-hydrogen) atoms. The highest BCUT2D eigenvalue weighted by Gasteiger charge is 2.65. The monoisotopic (exact) mass is 366 g/mol. The molecule has 3 aliphatic rings. The molecule has 134 valence electrons. The molecule has 3 rings (SSSR count). The maximum atomic E-state index is 13.2. The Morgan fingerprint density at radius 3 is 2.54 bits per heavy atom. The van der Waals surface area contributed by atoms with Crippen molar-refractivity contribution < 1.29 is 32.7 Å². The molecule has 0 aliphatic carbocycles. The number of halogens is 3. The highest BCUT2D eigenvalue weighted by Crippen LogP contribution is 2.49. The van der Waals surface area contributed by atoms with E-state index in [1.807, 2.05) is 6.92 Å². The lowest BCUT2D eigenvalue weighted by atomic mass is 9.86. The second-order valence-corrected chi connectivity index (χ2v) is 8.16. The van der Waals surface area contributed by atoms with Gasteiger partial charge in [0.15, 0.2) is 5.41 Å². The molecule has 0 aromatic rings. The van der Waals surface area contributed by atoms with E-state index in [1.54, 1.807) is 0 Å². The largest absolute Gasteiger partial charge is 0.481 e. The van der Waals surface area contributed by atoms with Crippen molar-refractivity contribution in [1.82, 2.24) is 9.80 Å². The Morgan fingerprint density at radius 1 is 1.33 bits per heavy atom. The Bertz CT molecular complexity index is 613. The SMILES string of the molecule is CC12CCC(=O)N1C(C(=O)N1CCC(C(=O)O)(C(F)(F)F)C1)CS2. The summed E-state index contributed by atoms with van der Waals surface area (Å²) in [5, 5.41) is 9.07. The summed E-state index contributed by atoms with van der Waals surface area (Å²) in [7, 11) is 0. The van der Waals surface area contributed by atoms with Crippen LogP contribution < -0.4 is 0 Å². The van der Waals surface area contributed by atoms with E-state index < -0.39 is 47.3 Å². The quantitative estimate of drug-likeness (QED) is 0.797. The Kier molecular flexibility index (Phi) is 3.82. The van der Waals surface area contributed by atoms with Gasteiger partial charge in [-0.25, -0.2) is 0 Å². The van der Waals surface area contributed by atoms with Crippen LogP contribution >= 0.6 is 11.8 Å². The van der Waals surface area contributed by atoms with Crippen LogP contribution in [0, 0.1) is 5.41 Å². The first-order chi connectivity index (χ1) is 11.0. The fourth-order valence-electron chi connectivity index (χ4n) is 3.74. The topological polar surface area (TPSA) is 77.9 Å². The van der Waals surface area contributed by atoms with Gasteiger partial charge >= 0.3 is 12.1 Å². The zero-order chi connectivity index (χ0) is 17.9. The van der Waals surface area contributed by atoms with Crippen LogP contribution in [0.15, 0.2) is 0 Å². The molecule has 3 unspecified atom stereocenters. The smallest absolute Gasteiger partial charge is 0.406 e. The number of thioether (sulfide) groups is 1. The first-order valence-electron chi connectivity index (χ1n) is 7.57. The minimum atomic E-state index is -4.93. The van der Waals surface area contributed by atoms with E-state index in [2.05, 4.69) is 0 Å². The summed E-state index contributed by atoms with van der Waals surface area (Å²) < 4.78 is 39.7. The predicted molar refractivity (Wildman–Crippen MR) is 78.1 cm³/mol. The van der Waals surface area contributed by atoms with Crippen molar-refractivity contribution in [1.29, 1.82) is 0 Å². The maximum absolute atomic E-state index is 13.2. The first kappa shape index (κ1) is 17.4. The Morgan fingerprint density at radius 2 is 2.00 bits per heavy atom. The molecule has 3 saturated heterocycles. The second kappa shape index (κ2) is 5.27. The molecule has 0 spiro atoms. The van der Waals surface area contributed by atoms with Gasteiger partial charge < -0.3 is 14.9 Å². The van der Waals surface area contributed by atoms with Crippen LogP contribution in [0.3, 0.4) is 0 Å². The van der Waals surface area contributed by atoms with E-state index in [0.29, 0.717) is 18.6 Å². The standard InChI is InChI=1S/C14H17F3N2O4S/c1-12-3-2-9(20)19(12)8(6-24-12)10(21)18-5-4-13(7-18,11(22)23)14(15,16)17/h8H,2-7H2,1H3,(H,22,23). The summed E-state index contributed by atoms with van der Waals surface area (Å²) in [6, 6.07) is -0.812. The van der Waals surface area contributed by atoms with Crippen molar-refractivity contribution in [3.8, 4) is 0 Å². The maximum Gasteiger partial charge on any atom is 0.406 e. The number of alkyl halides is 3. The number of carboxylic acids is 1. The molecule has 0 aromatic carbocycles. The summed E-state index contributed by atoms with van der Waals surface area (Å²) in [6.45, 7) is 0.673. The number of aliphatic carboxylic acids is 1. The minimum Gasteiger partial charge on any atom is -0.481 e. The summed E-state index contributed by atoms with van der Waals surface area (Å²) in [6.07, 6.45) is -4.68. The lowest BCUT2D eigenvalue weighted by molar-refractivity contribution is -0.227. The number of hydrogen-bond acceptors (Lipinski definition) is 4. The van der Waals surface area contributed by atoms with E-state index in [0.717, 1.165) is 4.90 Å². The van der Waals surface area contributed by atoms with Crippen molar-refractivity contribution in [2.75, 3.05) is 18.8 Å². The van der Waals surface area contributed by atoms with Crippen LogP contribution in [0.2, 0.25) is 0 Å². The van der Waals surface area contributed by atoms with Crippen LogP contribution in [0.1, 0.15) is 26.2 Å². The normalized spacial score (nSPS) is 36.3. The lowest BCUT2D eigenvalue weighted by Gasteiger charge is -2.32. The van der Waals surface area contributed by atoms with Crippen molar-refractivity contribution in [2.24, 2.45) is 5.41 Å². The van der Waals surface area contributed by atoms with Crippen molar-refractivity contribution in [3.05, 3.63) is 0 Å². The van der Waals surface area contributed by atoms with Gasteiger partial charge in [0.1, 0.15) is 6.04 Å². The van der Waals surface area contributed by atoms with E-state index in [-0.39, 0.29) is 12.5 Å². The molecule has 0 bridgehead atoms. The molecule has 3 heterocycles. The Hall–Kier alpha value is -1.45. The summed E-state index contributed by atoms with van der Waals surface area (Å²) in [5.74, 6) is -2.41. The van der Waals surface area contributed by atoms with Crippen molar-refractivity contribution in [3.63, 3.8) is 0 Å². The third-order valence-electron chi connectivity index (χ3n) is 5.26. The first-order valence-corrected chi connectivity index (χ1v) is 8.55. The molecule has 3 fully saturated rings. The minimum absolute atomic E-state index is 0.180. The number of carbonyl (C=O) groups is 3. The number of hydrogen-bond donors (Lipinski definition) is 1. The van der Waals surface area contributed by atoms with Gasteiger partial charge in [0.05, 0.1) is 4.87 Å². The lowest BCUT2D eigenvalue weighted by Crippen LogP contribution is -2.53. The van der Waals surface area contributed by atoms with E-state index >= 15 is 0 Å². The van der Waals surface area contributed by atoms with E-state index in [4.69, 9.17) is 5.11 Å². The number of fused-ring (bicyclic) bond motifs is 1. The van der Waals surface area contributed by atoms with Crippen LogP contribution in [0.25, 0.3) is 0 Å². The number of amides is 2. The van der Waals surface area contributed by atoms with Crippen molar-refractivity contribution >= 4 is 29.5 Å². The predicted octanol–water partition coefficient (Wildman–Crippen LogP) is 1.31. The average Bonchev–Trinajstić information content (AvgIpc) is 3.12. The van der Waals surface area contributed by atoms with Gasteiger partial charge in [-0.1, -0.05) is 0 Å². The van der Waals surface area contributed by atoms with Crippen LogP contribution in [0.4, 0.5) is 13.2 Å². The van der Waals surface area contributed by atoms with Crippen LogP contribution in [-0.2, 0) is 14.4 Å². The summed E-state index contributed by atoms with van der Waals surface area (Å²) in [4.78, 5) is 37.9. The molecule has 0 radical (unpaired) electrons. The highest BCUT2D eigenvalue weighted by atomic mass is 32.2. The number of nitrogens with zero attached hydrogens (tertiary/aromatic N) is 2. The van der Waals surface area contributed by atoms with E-state index in [1.165, 1.54) is 16.7 Å². The molecule has 10 heteroatoms. The number of likely N-dealkylation sites (tertiary alicyclic amines) is 1. The summed E-state index contributed by atoms with van der Waals surface area (Å²) >= 11 is 1.45. The van der Waals surface area contributed by atoms with Crippen LogP contribution in [-0.4, -0.2) is 68.6 Å². The molecule has 0 aromatic heterocycles. The van der Waals surface area contributed by atoms with Gasteiger partial charge in [-0.2, -0.15) is 13.2 Å². The van der Waals surface area contributed by atoms with Crippen molar-refractivity contribution in [2.45, 2.75) is 43.3 Å². The Labute approximate surface area is 140 Å². The number of rotatable bonds is 2. The molecule has 1 N–H and O–H groups in total. The van der Waals surface area contributed by atoms with Gasteiger partial charge in [-0.15, -0.1) is 11.8 Å². The second-order valence-electron chi connectivity index (χ2n) is 6.66. The zero-order valence-corrected chi connectivity index (χ0v) is 13.7.